The molecule has 136 valence electrons. The number of nitrogens with zero attached hydrogens (tertiary/aromatic N) is 2. The van der Waals surface area contributed by atoms with Gasteiger partial charge in [0.05, 0.1) is 5.56 Å². The Kier molecular flexibility index (Phi) is 4.41. The van der Waals surface area contributed by atoms with Gasteiger partial charge in [0.15, 0.2) is 0 Å². The minimum absolute atomic E-state index is 0.139. The van der Waals surface area contributed by atoms with E-state index in [1.807, 2.05) is 6.07 Å². The first-order valence-corrected chi connectivity index (χ1v) is 9.09. The zero-order valence-electron chi connectivity index (χ0n) is 14.7. The fraction of sp³-hybridized carbons (Fsp3) is 0.381. The lowest BCUT2D eigenvalue weighted by Gasteiger charge is -2.25. The first kappa shape index (κ1) is 17.0. The van der Waals surface area contributed by atoms with Crippen LogP contribution in [0.5, 0.6) is 5.75 Å². The van der Waals surface area contributed by atoms with Crippen LogP contribution >= 0.6 is 0 Å². The van der Waals surface area contributed by atoms with Gasteiger partial charge in [-0.3, -0.25) is 9.69 Å². The fourth-order valence-electron chi connectivity index (χ4n) is 4.30. The summed E-state index contributed by atoms with van der Waals surface area (Å²) >= 11 is 0. The topological polar surface area (TPSA) is 43.8 Å². The van der Waals surface area contributed by atoms with Crippen LogP contribution in [0.25, 0.3) is 0 Å². The number of likely N-dealkylation sites (tertiary alicyclic amines) is 2. The molecular formula is C21H23FN2O2. The summed E-state index contributed by atoms with van der Waals surface area (Å²) in [6.45, 7) is 4.36. The van der Waals surface area contributed by atoms with Crippen molar-refractivity contribution in [2.45, 2.75) is 19.4 Å². The van der Waals surface area contributed by atoms with E-state index in [4.69, 9.17) is 0 Å². The van der Waals surface area contributed by atoms with Gasteiger partial charge < -0.3 is 10.0 Å². The summed E-state index contributed by atoms with van der Waals surface area (Å²) in [6, 6.07) is 14.0. The van der Waals surface area contributed by atoms with E-state index >= 15 is 0 Å². The highest BCUT2D eigenvalue weighted by atomic mass is 19.1. The second-order valence-electron chi connectivity index (χ2n) is 7.58. The third-order valence-corrected chi connectivity index (χ3v) is 5.68. The summed E-state index contributed by atoms with van der Waals surface area (Å²) in [7, 11) is 0. The van der Waals surface area contributed by atoms with Crippen molar-refractivity contribution in [2.75, 3.05) is 26.2 Å². The highest BCUT2D eigenvalue weighted by Crippen LogP contribution is 2.40. The Bertz CT molecular complexity index is 811. The van der Waals surface area contributed by atoms with Gasteiger partial charge in [-0.15, -0.1) is 0 Å². The predicted molar refractivity (Wildman–Crippen MR) is 97.4 cm³/mol. The van der Waals surface area contributed by atoms with Crippen LogP contribution in [-0.4, -0.2) is 47.0 Å². The maximum absolute atomic E-state index is 13.2. The molecule has 2 saturated heterocycles. The number of phenolic OH excluding ortho intramolecular Hbond substituents is 1. The highest BCUT2D eigenvalue weighted by Gasteiger charge is 2.44. The molecule has 4 rings (SSSR count). The second kappa shape index (κ2) is 6.72. The van der Waals surface area contributed by atoms with Crippen molar-refractivity contribution in [3.63, 3.8) is 0 Å². The molecule has 0 saturated carbocycles. The van der Waals surface area contributed by atoms with Crippen LogP contribution in [0.15, 0.2) is 48.5 Å². The van der Waals surface area contributed by atoms with Crippen molar-refractivity contribution in [3.8, 4) is 5.75 Å². The lowest BCUT2D eigenvalue weighted by Crippen LogP contribution is -2.34. The summed E-state index contributed by atoms with van der Waals surface area (Å²) in [5.41, 5.74) is 1.63. The molecule has 1 spiro atoms. The molecule has 2 aliphatic rings. The number of rotatable bonds is 3. The van der Waals surface area contributed by atoms with Crippen LogP contribution in [0.2, 0.25) is 0 Å². The van der Waals surface area contributed by atoms with Gasteiger partial charge in [0.1, 0.15) is 11.6 Å². The highest BCUT2D eigenvalue weighted by molar-refractivity contribution is 5.97. The Morgan fingerprint density at radius 2 is 1.85 bits per heavy atom. The Morgan fingerprint density at radius 1 is 1.08 bits per heavy atom. The SMILES string of the molecule is O=C(c1ccc(F)cc1O)N1CCC2(CCN(Cc3ccccc3)C2)C1. The fourth-order valence-corrected chi connectivity index (χ4v) is 4.30. The molecule has 2 aliphatic heterocycles. The molecule has 0 aliphatic carbocycles. The van der Waals surface area contributed by atoms with Crippen LogP contribution < -0.4 is 0 Å². The number of amides is 1. The van der Waals surface area contributed by atoms with E-state index in [1.165, 1.54) is 17.7 Å². The number of hydrogen-bond donors (Lipinski definition) is 1. The predicted octanol–water partition coefficient (Wildman–Crippen LogP) is 3.27. The van der Waals surface area contributed by atoms with Crippen molar-refractivity contribution in [3.05, 3.63) is 65.5 Å². The van der Waals surface area contributed by atoms with Crippen LogP contribution in [0, 0.1) is 11.2 Å². The number of benzene rings is 2. The zero-order chi connectivity index (χ0) is 18.1. The van der Waals surface area contributed by atoms with Gasteiger partial charge in [0.2, 0.25) is 0 Å². The number of hydrogen-bond acceptors (Lipinski definition) is 3. The molecular weight excluding hydrogens is 331 g/mol. The first-order valence-electron chi connectivity index (χ1n) is 9.09. The van der Waals surface area contributed by atoms with E-state index in [9.17, 15) is 14.3 Å². The standard InChI is InChI=1S/C21H23FN2O2/c22-17-6-7-18(19(25)12-17)20(26)24-11-9-21(15-24)8-10-23(14-21)13-16-4-2-1-3-5-16/h1-7,12,25H,8-11,13-15H2. The molecule has 2 aromatic rings. The average Bonchev–Trinajstić information content (AvgIpc) is 3.22. The van der Waals surface area contributed by atoms with Crippen LogP contribution in [0.4, 0.5) is 4.39 Å². The van der Waals surface area contributed by atoms with E-state index in [0.717, 1.165) is 38.5 Å². The maximum Gasteiger partial charge on any atom is 0.257 e. The average molecular weight is 354 g/mol. The van der Waals surface area contributed by atoms with Crippen molar-refractivity contribution in [2.24, 2.45) is 5.41 Å². The molecule has 0 bridgehead atoms. The quantitative estimate of drug-likeness (QED) is 0.920. The van der Waals surface area contributed by atoms with Crippen molar-refractivity contribution >= 4 is 5.91 Å². The molecule has 4 nitrogen and oxygen atoms in total. The Balaban J connectivity index is 1.41. The molecule has 1 N–H and O–H groups in total. The lowest BCUT2D eigenvalue weighted by atomic mass is 9.86. The molecule has 5 heteroatoms. The van der Waals surface area contributed by atoms with E-state index < -0.39 is 5.82 Å². The van der Waals surface area contributed by atoms with Gasteiger partial charge in [0.25, 0.3) is 5.91 Å². The summed E-state index contributed by atoms with van der Waals surface area (Å²) in [5, 5.41) is 9.89. The van der Waals surface area contributed by atoms with Gasteiger partial charge in [-0.05, 0) is 37.1 Å². The molecule has 2 heterocycles. The summed E-state index contributed by atoms with van der Waals surface area (Å²) in [4.78, 5) is 17.0. The summed E-state index contributed by atoms with van der Waals surface area (Å²) in [5.74, 6) is -1.03. The minimum atomic E-state index is -0.538. The van der Waals surface area contributed by atoms with Crippen molar-refractivity contribution < 1.29 is 14.3 Å². The van der Waals surface area contributed by atoms with Gasteiger partial charge >= 0.3 is 0 Å². The van der Waals surface area contributed by atoms with E-state index in [2.05, 4.69) is 29.2 Å². The van der Waals surface area contributed by atoms with Gasteiger partial charge in [-0.2, -0.15) is 0 Å². The van der Waals surface area contributed by atoms with E-state index in [1.54, 1.807) is 4.90 Å². The largest absolute Gasteiger partial charge is 0.507 e. The number of carbonyl (C=O) groups is 1. The number of aromatic hydroxyl groups is 1. The van der Waals surface area contributed by atoms with Crippen molar-refractivity contribution in [1.29, 1.82) is 0 Å². The van der Waals surface area contributed by atoms with Crippen LogP contribution in [0.3, 0.4) is 0 Å². The van der Waals surface area contributed by atoms with E-state index in [0.29, 0.717) is 13.1 Å². The molecule has 1 atom stereocenters. The Labute approximate surface area is 152 Å². The third-order valence-electron chi connectivity index (χ3n) is 5.68. The van der Waals surface area contributed by atoms with Crippen molar-refractivity contribution in [1.82, 2.24) is 9.80 Å². The summed E-state index contributed by atoms with van der Waals surface area (Å²) in [6.07, 6.45) is 2.06. The normalized spacial score (nSPS) is 23.0. The van der Waals surface area contributed by atoms with Gasteiger partial charge in [-0.25, -0.2) is 4.39 Å². The molecule has 26 heavy (non-hydrogen) atoms. The minimum Gasteiger partial charge on any atom is -0.507 e. The van der Waals surface area contributed by atoms with Crippen LogP contribution in [-0.2, 0) is 6.54 Å². The first-order chi connectivity index (χ1) is 12.5. The molecule has 0 radical (unpaired) electrons. The molecule has 2 aromatic carbocycles. The number of halogens is 1. The number of carbonyl (C=O) groups excluding carboxylic acids is 1. The number of phenols is 1. The Morgan fingerprint density at radius 3 is 2.62 bits per heavy atom. The molecule has 1 unspecified atom stereocenters. The Hall–Kier alpha value is -2.40. The second-order valence-corrected chi connectivity index (χ2v) is 7.58. The van der Waals surface area contributed by atoms with E-state index in [-0.39, 0.29) is 22.6 Å². The summed E-state index contributed by atoms with van der Waals surface area (Å²) < 4.78 is 13.2. The molecule has 2 fully saturated rings. The maximum atomic E-state index is 13.2. The van der Waals surface area contributed by atoms with Gasteiger partial charge in [0, 0.05) is 37.7 Å². The third kappa shape index (κ3) is 3.31. The molecule has 0 aromatic heterocycles. The molecule has 1 amide bonds. The smallest absolute Gasteiger partial charge is 0.257 e. The van der Waals surface area contributed by atoms with Gasteiger partial charge in [-0.1, -0.05) is 30.3 Å². The lowest BCUT2D eigenvalue weighted by molar-refractivity contribution is 0.0770. The zero-order valence-corrected chi connectivity index (χ0v) is 14.7. The van der Waals surface area contributed by atoms with Crippen LogP contribution in [0.1, 0.15) is 28.8 Å². The monoisotopic (exact) mass is 354 g/mol.